The SMILES string of the molecule is CC(C)(C)C[C@]1(c2ccc(-c3ccn(C4CC4)n3)cc2F)N=C(N)N([C@H](COC(O)NC2(C(F)(F)F)CC2)c2ccc(Cl)c(-n3ncnc3C(F)F)c2)C1=O. The second-order valence-electron chi connectivity index (χ2n) is 15.3. The minimum atomic E-state index is -4.69. The molecule has 2 aliphatic carbocycles. The predicted octanol–water partition coefficient (Wildman–Crippen LogP) is 6.70. The number of aliphatic hydroxyl groups excluding tert-OH is 1. The van der Waals surface area contributed by atoms with Gasteiger partial charge in [0.2, 0.25) is 6.41 Å². The van der Waals surface area contributed by atoms with Crippen molar-refractivity contribution in [3.63, 3.8) is 0 Å². The molecule has 2 aromatic heterocycles. The van der Waals surface area contributed by atoms with E-state index in [0.717, 1.165) is 28.8 Å². The molecule has 1 aliphatic heterocycles. The normalized spacial score (nSPS) is 21.0. The van der Waals surface area contributed by atoms with Crippen molar-refractivity contribution in [2.75, 3.05) is 6.61 Å². The second kappa shape index (κ2) is 13.9. The molecule has 55 heavy (non-hydrogen) atoms. The fraction of sp³-hybridized carbons (Fsp3) is 0.472. The highest BCUT2D eigenvalue weighted by molar-refractivity contribution is 6.32. The Balaban J connectivity index is 1.28. The summed E-state index contributed by atoms with van der Waals surface area (Å²) >= 11 is 6.43. The number of nitrogens with one attached hydrogen (secondary N) is 1. The predicted molar refractivity (Wildman–Crippen MR) is 187 cm³/mol. The van der Waals surface area contributed by atoms with E-state index in [-0.39, 0.29) is 41.1 Å². The summed E-state index contributed by atoms with van der Waals surface area (Å²) in [7, 11) is 0. The third-order valence-corrected chi connectivity index (χ3v) is 10.2. The largest absolute Gasteiger partial charge is 0.406 e. The monoisotopic (exact) mass is 793 g/mol. The van der Waals surface area contributed by atoms with Crippen molar-refractivity contribution < 1.29 is 41.0 Å². The van der Waals surface area contributed by atoms with Gasteiger partial charge in [0, 0.05) is 17.3 Å². The van der Waals surface area contributed by atoms with Crippen molar-refractivity contribution in [1.82, 2.24) is 34.8 Å². The summed E-state index contributed by atoms with van der Waals surface area (Å²) in [6, 6.07) is 9.09. The number of rotatable bonds is 13. The fourth-order valence-electron chi connectivity index (χ4n) is 7.00. The van der Waals surface area contributed by atoms with Gasteiger partial charge in [0.15, 0.2) is 17.3 Å². The topological polar surface area (TPSA) is 149 Å². The summed E-state index contributed by atoms with van der Waals surface area (Å²) in [6.45, 7) is 4.79. The summed E-state index contributed by atoms with van der Waals surface area (Å²) in [5, 5.41) is 21.1. The standard InChI is InChI=1S/C36H38ClF6N9O3/c1-33(2,3)17-35(22-8-4-19(14-24(22)38)25-10-13-50(49-25)21-6-7-21)30(53)51(31(44)47-35)27(16-55-32(54)48-34(11-12-34)36(41,42)43)20-5-9-23(37)26(15-20)52-29(28(39)40)45-18-46-52/h4-5,8-10,13-15,18,21,27-28,32,48,54H,6-7,11-12,16-17H2,1-3H3,(H2,44,47)/t27-,32?,35-/m1/s1. The maximum absolute atomic E-state index is 16.4. The zero-order valence-corrected chi connectivity index (χ0v) is 30.6. The van der Waals surface area contributed by atoms with E-state index in [9.17, 15) is 31.9 Å². The number of nitrogens with zero attached hydrogens (tertiary/aromatic N) is 7. The van der Waals surface area contributed by atoms with Crippen molar-refractivity contribution in [3.05, 3.63) is 82.8 Å². The minimum absolute atomic E-state index is 0.0426. The number of hydrogen-bond acceptors (Lipinski definition) is 9. The number of benzene rings is 2. The van der Waals surface area contributed by atoms with E-state index in [1.807, 2.05) is 31.6 Å². The molecule has 3 heterocycles. The number of halogens is 7. The lowest BCUT2D eigenvalue weighted by Crippen LogP contribution is -2.52. The molecule has 3 aliphatic rings. The number of hydrogen-bond donors (Lipinski definition) is 3. The molecule has 1 unspecified atom stereocenters. The van der Waals surface area contributed by atoms with Gasteiger partial charge in [-0.05, 0) is 67.3 Å². The maximum Gasteiger partial charge on any atom is 0.406 e. The summed E-state index contributed by atoms with van der Waals surface area (Å²) < 4.78 is 93.5. The number of guanidine groups is 1. The van der Waals surface area contributed by atoms with Crippen LogP contribution in [-0.4, -0.2) is 71.2 Å². The number of amides is 1. The van der Waals surface area contributed by atoms with E-state index in [0.29, 0.717) is 17.3 Å². The Morgan fingerprint density at radius 3 is 2.45 bits per heavy atom. The van der Waals surface area contributed by atoms with Crippen LogP contribution in [0.25, 0.3) is 16.9 Å². The van der Waals surface area contributed by atoms with E-state index in [4.69, 9.17) is 22.1 Å². The van der Waals surface area contributed by atoms with Gasteiger partial charge in [-0.3, -0.25) is 19.7 Å². The number of carbonyl (C=O) groups is 1. The molecule has 294 valence electrons. The first-order valence-electron chi connectivity index (χ1n) is 17.5. The highest BCUT2D eigenvalue weighted by Gasteiger charge is 2.64. The van der Waals surface area contributed by atoms with E-state index in [1.54, 1.807) is 12.1 Å². The van der Waals surface area contributed by atoms with Crippen LogP contribution in [0.3, 0.4) is 0 Å². The zero-order valence-electron chi connectivity index (χ0n) is 29.9. The Labute approximate surface area is 316 Å². The Bertz CT molecular complexity index is 2130. The van der Waals surface area contributed by atoms with Gasteiger partial charge < -0.3 is 15.6 Å². The van der Waals surface area contributed by atoms with Crippen molar-refractivity contribution in [1.29, 1.82) is 0 Å². The molecule has 2 aromatic carbocycles. The van der Waals surface area contributed by atoms with Gasteiger partial charge in [0.25, 0.3) is 12.3 Å². The molecular weight excluding hydrogens is 756 g/mol. The first kappa shape index (κ1) is 38.7. The summed E-state index contributed by atoms with van der Waals surface area (Å²) in [5.41, 5.74) is 2.53. The third-order valence-electron chi connectivity index (χ3n) is 9.92. The van der Waals surface area contributed by atoms with Crippen molar-refractivity contribution in [2.24, 2.45) is 16.1 Å². The van der Waals surface area contributed by atoms with Crippen LogP contribution in [0, 0.1) is 11.2 Å². The highest BCUT2D eigenvalue weighted by atomic mass is 35.5. The minimum Gasteiger partial charge on any atom is -0.369 e. The highest BCUT2D eigenvalue weighted by Crippen LogP contribution is 2.50. The van der Waals surface area contributed by atoms with E-state index in [2.05, 4.69) is 25.5 Å². The molecular formula is C36H38ClF6N9O3. The molecule has 7 rings (SSSR count). The molecule has 19 heteroatoms. The van der Waals surface area contributed by atoms with Crippen LogP contribution < -0.4 is 11.1 Å². The molecule has 4 N–H and O–H groups in total. The lowest BCUT2D eigenvalue weighted by Gasteiger charge is -2.35. The van der Waals surface area contributed by atoms with Crippen LogP contribution in [0.4, 0.5) is 26.3 Å². The number of nitrogens with two attached hydrogens (primary N) is 1. The van der Waals surface area contributed by atoms with Crippen molar-refractivity contribution in [3.8, 4) is 16.9 Å². The smallest absolute Gasteiger partial charge is 0.369 e. The number of aromatic nitrogens is 5. The summed E-state index contributed by atoms with van der Waals surface area (Å²) in [6.07, 6.45) is -5.80. The van der Waals surface area contributed by atoms with Gasteiger partial charge in [-0.15, -0.1) is 0 Å². The van der Waals surface area contributed by atoms with Gasteiger partial charge in [-0.25, -0.2) is 27.8 Å². The molecule has 0 radical (unpaired) electrons. The molecule has 0 bridgehead atoms. The Kier molecular flexibility index (Phi) is 9.79. The zero-order chi connectivity index (χ0) is 39.7. The van der Waals surface area contributed by atoms with Crippen LogP contribution in [0.15, 0.2) is 60.0 Å². The number of aliphatic imine (C=N–C) groups is 1. The lowest BCUT2D eigenvalue weighted by molar-refractivity contribution is -0.204. The van der Waals surface area contributed by atoms with Gasteiger partial charge >= 0.3 is 6.18 Å². The van der Waals surface area contributed by atoms with Crippen LogP contribution in [-0.2, 0) is 15.1 Å². The van der Waals surface area contributed by atoms with Crippen LogP contribution in [0.2, 0.25) is 5.02 Å². The van der Waals surface area contributed by atoms with Crippen LogP contribution >= 0.6 is 11.6 Å². The average molecular weight is 794 g/mol. The Morgan fingerprint density at radius 2 is 1.84 bits per heavy atom. The molecule has 3 atom stereocenters. The third kappa shape index (κ3) is 7.44. The maximum atomic E-state index is 16.4. The molecule has 12 nitrogen and oxygen atoms in total. The number of ether oxygens (including phenoxy) is 1. The Hall–Kier alpha value is -4.52. The Morgan fingerprint density at radius 1 is 1.11 bits per heavy atom. The molecule has 0 saturated heterocycles. The van der Waals surface area contributed by atoms with Crippen LogP contribution in [0.1, 0.15) is 88.3 Å². The lowest BCUT2D eigenvalue weighted by atomic mass is 9.75. The van der Waals surface area contributed by atoms with Gasteiger partial charge in [0.05, 0.1) is 35.1 Å². The van der Waals surface area contributed by atoms with Crippen molar-refractivity contribution in [2.45, 2.75) is 95.1 Å². The van der Waals surface area contributed by atoms with Gasteiger partial charge in [-0.2, -0.15) is 23.4 Å². The quantitative estimate of drug-likeness (QED) is 0.100. The van der Waals surface area contributed by atoms with Gasteiger partial charge in [-0.1, -0.05) is 50.6 Å². The van der Waals surface area contributed by atoms with Gasteiger partial charge in [0.1, 0.15) is 17.7 Å². The van der Waals surface area contributed by atoms with Crippen molar-refractivity contribution >= 4 is 23.5 Å². The number of alkyl halides is 5. The van der Waals surface area contributed by atoms with E-state index < -0.39 is 71.7 Å². The molecule has 0 spiro atoms. The number of carbonyl (C=O) groups excluding carboxylic acids is 1. The first-order chi connectivity index (χ1) is 25.8. The summed E-state index contributed by atoms with van der Waals surface area (Å²) in [5.74, 6) is -2.70. The summed E-state index contributed by atoms with van der Waals surface area (Å²) in [4.78, 5) is 24.2. The van der Waals surface area contributed by atoms with E-state index >= 15 is 4.39 Å². The van der Waals surface area contributed by atoms with E-state index in [1.165, 1.54) is 30.3 Å². The second-order valence-corrected chi connectivity index (χ2v) is 15.7. The molecule has 2 saturated carbocycles. The molecule has 2 fully saturated rings. The number of aliphatic hydroxyl groups is 1. The molecule has 4 aromatic rings. The van der Waals surface area contributed by atoms with Crippen LogP contribution in [0.5, 0.6) is 0 Å². The fourth-order valence-corrected chi connectivity index (χ4v) is 7.20. The molecule has 1 amide bonds. The average Bonchev–Trinajstić information content (AvgIpc) is 3.97. The first-order valence-corrected chi connectivity index (χ1v) is 17.9.